The number of aryl methyl sites for hydroxylation is 2. The van der Waals surface area contributed by atoms with Gasteiger partial charge < -0.3 is 9.88 Å². The zero-order valence-electron chi connectivity index (χ0n) is 10.7. The smallest absolute Gasteiger partial charge is 0.0480 e. The van der Waals surface area contributed by atoms with Gasteiger partial charge in [-0.1, -0.05) is 6.07 Å². The summed E-state index contributed by atoms with van der Waals surface area (Å²) in [6, 6.07) is 6.93. The highest BCUT2D eigenvalue weighted by Gasteiger charge is 2.15. The number of hydrogen-bond acceptors (Lipinski definition) is 1. The first kappa shape index (κ1) is 10.8. The summed E-state index contributed by atoms with van der Waals surface area (Å²) in [5.41, 5.74) is 4.21. The molecule has 1 fully saturated rings. The lowest BCUT2D eigenvalue weighted by Crippen LogP contribution is -2.10. The minimum Gasteiger partial charge on any atom is -0.350 e. The molecule has 1 aromatic carbocycles. The molecule has 1 N–H and O–H groups in total. The van der Waals surface area contributed by atoms with Crippen molar-refractivity contribution in [3.63, 3.8) is 0 Å². The topological polar surface area (TPSA) is 17.0 Å². The van der Waals surface area contributed by atoms with E-state index >= 15 is 0 Å². The normalized spacial score (nSPS) is 20.2. The van der Waals surface area contributed by atoms with Crippen molar-refractivity contribution in [1.29, 1.82) is 0 Å². The first-order valence-electron chi connectivity index (χ1n) is 6.49. The van der Waals surface area contributed by atoms with Crippen LogP contribution < -0.4 is 5.32 Å². The van der Waals surface area contributed by atoms with E-state index in [9.17, 15) is 0 Å². The lowest BCUT2D eigenvalue weighted by Gasteiger charge is -2.08. The van der Waals surface area contributed by atoms with Crippen molar-refractivity contribution in [2.75, 3.05) is 13.1 Å². The summed E-state index contributed by atoms with van der Waals surface area (Å²) < 4.78 is 2.21. The lowest BCUT2D eigenvalue weighted by molar-refractivity contribution is 0.580. The van der Waals surface area contributed by atoms with Crippen LogP contribution in [-0.2, 0) is 13.5 Å². The molecule has 17 heavy (non-hydrogen) atoms. The minimum atomic E-state index is 0.830. The van der Waals surface area contributed by atoms with Crippen molar-refractivity contribution >= 4 is 10.9 Å². The van der Waals surface area contributed by atoms with Crippen LogP contribution in [0.5, 0.6) is 0 Å². The van der Waals surface area contributed by atoms with Gasteiger partial charge in [0.05, 0.1) is 0 Å². The highest BCUT2D eigenvalue weighted by Crippen LogP contribution is 2.23. The van der Waals surface area contributed by atoms with Gasteiger partial charge in [0.25, 0.3) is 0 Å². The highest BCUT2D eigenvalue weighted by atomic mass is 14.9. The maximum Gasteiger partial charge on any atom is 0.0480 e. The standard InChI is InChI=1S/C15H20N2/c1-11-10-17(2)15-4-3-12(8-14(11)15)7-13-5-6-16-9-13/h3-4,8,10,13,16H,5-7,9H2,1-2H3. The molecule has 1 aromatic heterocycles. The van der Waals surface area contributed by atoms with Crippen molar-refractivity contribution < 1.29 is 0 Å². The molecule has 2 heteroatoms. The summed E-state index contributed by atoms with van der Waals surface area (Å²) in [7, 11) is 2.12. The molecule has 0 amide bonds. The van der Waals surface area contributed by atoms with Gasteiger partial charge in [-0.25, -0.2) is 0 Å². The Labute approximate surface area is 103 Å². The van der Waals surface area contributed by atoms with Gasteiger partial charge in [-0.2, -0.15) is 0 Å². The number of nitrogens with one attached hydrogen (secondary N) is 1. The van der Waals surface area contributed by atoms with E-state index in [0.717, 1.165) is 5.92 Å². The van der Waals surface area contributed by atoms with E-state index in [0.29, 0.717) is 0 Å². The van der Waals surface area contributed by atoms with Crippen molar-refractivity contribution in [2.24, 2.45) is 13.0 Å². The fourth-order valence-corrected chi connectivity index (χ4v) is 2.99. The van der Waals surface area contributed by atoms with Gasteiger partial charge in [-0.15, -0.1) is 0 Å². The van der Waals surface area contributed by atoms with E-state index in [1.807, 2.05) is 0 Å². The molecule has 3 rings (SSSR count). The molecular weight excluding hydrogens is 208 g/mol. The maximum absolute atomic E-state index is 3.44. The van der Waals surface area contributed by atoms with Crippen LogP contribution in [0.1, 0.15) is 17.5 Å². The van der Waals surface area contributed by atoms with Crippen LogP contribution in [0.3, 0.4) is 0 Å². The number of hydrogen-bond donors (Lipinski definition) is 1. The SMILES string of the molecule is Cc1cn(C)c2ccc(CC3CCNC3)cc12. The Morgan fingerprint density at radius 1 is 1.41 bits per heavy atom. The van der Waals surface area contributed by atoms with Crippen LogP contribution >= 0.6 is 0 Å². The predicted molar refractivity (Wildman–Crippen MR) is 72.3 cm³/mol. The summed E-state index contributed by atoms with van der Waals surface area (Å²) in [5.74, 6) is 0.830. The van der Waals surface area contributed by atoms with Crippen molar-refractivity contribution in [3.05, 3.63) is 35.5 Å². The number of nitrogens with zero attached hydrogens (tertiary/aromatic N) is 1. The molecule has 1 saturated heterocycles. The van der Waals surface area contributed by atoms with Gasteiger partial charge in [0.15, 0.2) is 0 Å². The molecule has 1 unspecified atom stereocenters. The fraction of sp³-hybridized carbons (Fsp3) is 0.467. The average Bonchev–Trinajstić information content (AvgIpc) is 2.89. The molecule has 1 atom stereocenters. The molecule has 2 aromatic rings. The van der Waals surface area contributed by atoms with E-state index in [4.69, 9.17) is 0 Å². The summed E-state index contributed by atoms with van der Waals surface area (Å²) in [6.07, 6.45) is 4.76. The average molecular weight is 228 g/mol. The van der Waals surface area contributed by atoms with Gasteiger partial charge in [0.1, 0.15) is 0 Å². The van der Waals surface area contributed by atoms with E-state index in [2.05, 4.69) is 48.3 Å². The maximum atomic E-state index is 3.44. The summed E-state index contributed by atoms with van der Waals surface area (Å²) in [6.45, 7) is 4.58. The lowest BCUT2D eigenvalue weighted by atomic mass is 9.97. The molecule has 0 radical (unpaired) electrons. The molecule has 2 heterocycles. The zero-order valence-corrected chi connectivity index (χ0v) is 10.7. The molecule has 0 bridgehead atoms. The third kappa shape index (κ3) is 1.98. The summed E-state index contributed by atoms with van der Waals surface area (Å²) in [5, 5.41) is 4.85. The van der Waals surface area contributed by atoms with Crippen molar-refractivity contribution in [3.8, 4) is 0 Å². The Morgan fingerprint density at radius 2 is 2.29 bits per heavy atom. The molecule has 2 nitrogen and oxygen atoms in total. The van der Waals surface area contributed by atoms with Crippen LogP contribution in [0.15, 0.2) is 24.4 Å². The largest absolute Gasteiger partial charge is 0.350 e. The van der Waals surface area contributed by atoms with Crippen molar-refractivity contribution in [1.82, 2.24) is 9.88 Å². The van der Waals surface area contributed by atoms with Gasteiger partial charge in [0, 0.05) is 24.1 Å². The Hall–Kier alpha value is -1.28. The second kappa shape index (κ2) is 4.19. The van der Waals surface area contributed by atoms with Crippen LogP contribution in [0, 0.1) is 12.8 Å². The first-order chi connectivity index (χ1) is 8.24. The number of aromatic nitrogens is 1. The third-order valence-corrected chi connectivity index (χ3v) is 3.94. The second-order valence-electron chi connectivity index (χ2n) is 5.34. The molecule has 90 valence electrons. The van der Waals surface area contributed by atoms with Crippen LogP contribution in [0.2, 0.25) is 0 Å². The zero-order chi connectivity index (χ0) is 11.8. The number of rotatable bonds is 2. The molecule has 0 spiro atoms. The van der Waals surface area contributed by atoms with Gasteiger partial charge >= 0.3 is 0 Å². The number of benzene rings is 1. The van der Waals surface area contributed by atoms with Gasteiger partial charge in [0.2, 0.25) is 0 Å². The van der Waals surface area contributed by atoms with Gasteiger partial charge in [-0.3, -0.25) is 0 Å². The van der Waals surface area contributed by atoms with E-state index in [-0.39, 0.29) is 0 Å². The van der Waals surface area contributed by atoms with Crippen LogP contribution in [0.4, 0.5) is 0 Å². The van der Waals surface area contributed by atoms with Gasteiger partial charge in [-0.05, 0) is 62.0 Å². The molecule has 1 aliphatic heterocycles. The van der Waals surface area contributed by atoms with E-state index < -0.39 is 0 Å². The molecule has 0 saturated carbocycles. The Kier molecular flexibility index (Phi) is 2.67. The van der Waals surface area contributed by atoms with Crippen LogP contribution in [0.25, 0.3) is 10.9 Å². The second-order valence-corrected chi connectivity index (χ2v) is 5.34. The van der Waals surface area contributed by atoms with Crippen LogP contribution in [-0.4, -0.2) is 17.7 Å². The molecule has 1 aliphatic rings. The van der Waals surface area contributed by atoms with E-state index in [1.54, 1.807) is 0 Å². The van der Waals surface area contributed by atoms with Crippen molar-refractivity contribution in [2.45, 2.75) is 19.8 Å². The fourth-order valence-electron chi connectivity index (χ4n) is 2.99. The summed E-state index contributed by atoms with van der Waals surface area (Å²) >= 11 is 0. The number of fused-ring (bicyclic) bond motifs is 1. The minimum absolute atomic E-state index is 0.830. The quantitative estimate of drug-likeness (QED) is 0.836. The Morgan fingerprint density at radius 3 is 3.06 bits per heavy atom. The van der Waals surface area contributed by atoms with E-state index in [1.165, 1.54) is 48.0 Å². The highest BCUT2D eigenvalue weighted by molar-refractivity contribution is 5.84. The molecular formula is C15H20N2. The summed E-state index contributed by atoms with van der Waals surface area (Å²) in [4.78, 5) is 0. The molecule has 0 aliphatic carbocycles. The first-order valence-corrected chi connectivity index (χ1v) is 6.49. The Balaban J connectivity index is 1.92. The Bertz CT molecular complexity index is 533. The predicted octanol–water partition coefficient (Wildman–Crippen LogP) is 2.64. The third-order valence-electron chi connectivity index (χ3n) is 3.94. The monoisotopic (exact) mass is 228 g/mol.